The molecular formula is C21H25ClN2O3S. The van der Waals surface area contributed by atoms with Crippen LogP contribution in [0.4, 0.5) is 0 Å². The van der Waals surface area contributed by atoms with Crippen molar-refractivity contribution in [2.75, 3.05) is 26.2 Å². The van der Waals surface area contributed by atoms with Crippen molar-refractivity contribution in [2.45, 2.75) is 19.0 Å². The van der Waals surface area contributed by atoms with Crippen LogP contribution in [0.25, 0.3) is 0 Å². The molecule has 1 N–H and O–H groups in total. The van der Waals surface area contributed by atoms with Gasteiger partial charge in [-0.1, -0.05) is 41.9 Å². The van der Waals surface area contributed by atoms with E-state index in [0.29, 0.717) is 29.3 Å². The highest BCUT2D eigenvalue weighted by Crippen LogP contribution is 2.19. The molecule has 7 heteroatoms. The summed E-state index contributed by atoms with van der Waals surface area (Å²) in [6.07, 6.45) is 2.50. The molecule has 0 aromatic heterocycles. The van der Waals surface area contributed by atoms with Gasteiger partial charge < -0.3 is 15.0 Å². The van der Waals surface area contributed by atoms with Crippen LogP contribution >= 0.6 is 23.4 Å². The molecule has 0 saturated carbocycles. The minimum absolute atomic E-state index is 0.155. The van der Waals surface area contributed by atoms with Crippen molar-refractivity contribution in [3.63, 3.8) is 0 Å². The maximum absolute atomic E-state index is 13.0. The van der Waals surface area contributed by atoms with Crippen LogP contribution in [-0.4, -0.2) is 48.9 Å². The number of rotatable bonds is 9. The van der Waals surface area contributed by atoms with E-state index in [4.69, 9.17) is 16.3 Å². The maximum Gasteiger partial charge on any atom is 0.255 e. The lowest BCUT2D eigenvalue weighted by atomic mass is 10.1. The average molecular weight is 421 g/mol. The number of thioether (sulfide) groups is 1. The Kier molecular flexibility index (Phi) is 8.67. The Balaban J connectivity index is 2.14. The van der Waals surface area contributed by atoms with E-state index in [1.54, 1.807) is 54.0 Å². The SMILES string of the molecule is COc1ccccc1C(=O)NC(CCSC)C(=O)N(C)Cc1ccccc1Cl. The van der Waals surface area contributed by atoms with Crippen molar-refractivity contribution >= 4 is 35.2 Å². The van der Waals surface area contributed by atoms with E-state index < -0.39 is 6.04 Å². The Morgan fingerprint density at radius 1 is 1.18 bits per heavy atom. The fourth-order valence-electron chi connectivity index (χ4n) is 2.79. The van der Waals surface area contributed by atoms with Gasteiger partial charge in [0, 0.05) is 18.6 Å². The number of nitrogens with zero attached hydrogens (tertiary/aromatic N) is 1. The van der Waals surface area contributed by atoms with Crippen molar-refractivity contribution < 1.29 is 14.3 Å². The number of hydrogen-bond acceptors (Lipinski definition) is 4. The predicted molar refractivity (Wildman–Crippen MR) is 115 cm³/mol. The lowest BCUT2D eigenvalue weighted by molar-refractivity contribution is -0.132. The first-order valence-corrected chi connectivity index (χ1v) is 10.7. The smallest absolute Gasteiger partial charge is 0.255 e. The van der Waals surface area contributed by atoms with E-state index in [1.165, 1.54) is 7.11 Å². The predicted octanol–water partition coefficient (Wildman–Crippen LogP) is 3.86. The summed E-state index contributed by atoms with van der Waals surface area (Å²) < 4.78 is 5.25. The number of nitrogens with one attached hydrogen (secondary N) is 1. The summed E-state index contributed by atoms with van der Waals surface area (Å²) in [6.45, 7) is 0.374. The number of carbonyl (C=O) groups excluding carboxylic acids is 2. The molecule has 2 rings (SSSR count). The summed E-state index contributed by atoms with van der Waals surface area (Å²) in [5.74, 6) is 0.739. The third kappa shape index (κ3) is 5.91. The van der Waals surface area contributed by atoms with Gasteiger partial charge in [-0.25, -0.2) is 0 Å². The molecule has 2 aromatic carbocycles. The normalized spacial score (nSPS) is 11.6. The first-order chi connectivity index (χ1) is 13.5. The van der Waals surface area contributed by atoms with E-state index in [-0.39, 0.29) is 11.8 Å². The van der Waals surface area contributed by atoms with Crippen molar-refractivity contribution in [1.29, 1.82) is 0 Å². The lowest BCUT2D eigenvalue weighted by Gasteiger charge is -2.25. The summed E-state index contributed by atoms with van der Waals surface area (Å²) in [4.78, 5) is 27.4. The number of halogens is 1. The molecule has 0 radical (unpaired) electrons. The van der Waals surface area contributed by atoms with E-state index in [0.717, 1.165) is 11.3 Å². The fraction of sp³-hybridized carbons (Fsp3) is 0.333. The molecule has 150 valence electrons. The minimum Gasteiger partial charge on any atom is -0.496 e. The van der Waals surface area contributed by atoms with Crippen LogP contribution in [-0.2, 0) is 11.3 Å². The Bertz CT molecular complexity index is 816. The standard InChI is InChI=1S/C21H25ClN2O3S/c1-24(14-15-8-4-6-10-17(15)22)21(26)18(12-13-28-3)23-20(25)16-9-5-7-11-19(16)27-2/h4-11,18H,12-14H2,1-3H3,(H,23,25). The zero-order chi connectivity index (χ0) is 20.5. The van der Waals surface area contributed by atoms with E-state index >= 15 is 0 Å². The first kappa shape index (κ1) is 22.1. The zero-order valence-electron chi connectivity index (χ0n) is 16.3. The average Bonchev–Trinajstić information content (AvgIpc) is 2.71. The molecule has 1 unspecified atom stereocenters. The third-order valence-electron chi connectivity index (χ3n) is 4.31. The Hall–Kier alpha value is -2.18. The van der Waals surface area contributed by atoms with Gasteiger partial charge in [0.2, 0.25) is 5.91 Å². The molecule has 0 aliphatic carbocycles. The topological polar surface area (TPSA) is 58.6 Å². The second kappa shape index (κ2) is 11.0. The van der Waals surface area contributed by atoms with Crippen molar-refractivity contribution in [3.8, 4) is 5.75 Å². The summed E-state index contributed by atoms with van der Waals surface area (Å²) in [5.41, 5.74) is 1.26. The van der Waals surface area contributed by atoms with Crippen LogP contribution in [0.1, 0.15) is 22.3 Å². The maximum atomic E-state index is 13.0. The Morgan fingerprint density at radius 2 is 1.86 bits per heavy atom. The number of benzene rings is 2. The summed E-state index contributed by atoms with van der Waals surface area (Å²) in [7, 11) is 3.23. The summed E-state index contributed by atoms with van der Waals surface area (Å²) in [5, 5.41) is 3.48. The first-order valence-electron chi connectivity index (χ1n) is 8.89. The highest BCUT2D eigenvalue weighted by molar-refractivity contribution is 7.98. The molecule has 1 atom stereocenters. The van der Waals surface area contributed by atoms with Crippen LogP contribution in [0.2, 0.25) is 5.02 Å². The Morgan fingerprint density at radius 3 is 2.54 bits per heavy atom. The molecule has 0 aliphatic rings. The highest BCUT2D eigenvalue weighted by Gasteiger charge is 2.25. The molecule has 0 fully saturated rings. The van der Waals surface area contributed by atoms with Crippen LogP contribution in [0.5, 0.6) is 5.75 Å². The third-order valence-corrected chi connectivity index (χ3v) is 5.32. The van der Waals surface area contributed by atoms with Gasteiger partial charge in [-0.15, -0.1) is 0 Å². The van der Waals surface area contributed by atoms with Crippen LogP contribution in [0.3, 0.4) is 0 Å². The number of hydrogen-bond donors (Lipinski definition) is 1. The number of amides is 2. The quantitative estimate of drug-likeness (QED) is 0.669. The molecule has 0 heterocycles. The highest BCUT2D eigenvalue weighted by atomic mass is 35.5. The van der Waals surface area contributed by atoms with Crippen molar-refractivity contribution in [1.82, 2.24) is 10.2 Å². The number of ether oxygens (including phenoxy) is 1. The van der Waals surface area contributed by atoms with Gasteiger partial charge in [-0.2, -0.15) is 11.8 Å². The second-order valence-corrected chi connectivity index (χ2v) is 7.69. The summed E-state index contributed by atoms with van der Waals surface area (Å²) in [6, 6.07) is 13.7. The van der Waals surface area contributed by atoms with Crippen molar-refractivity contribution in [2.24, 2.45) is 0 Å². The summed E-state index contributed by atoms with van der Waals surface area (Å²) >= 11 is 7.84. The Labute approximate surface area is 175 Å². The van der Waals surface area contributed by atoms with Gasteiger partial charge in [0.05, 0.1) is 12.7 Å². The van der Waals surface area contributed by atoms with Crippen LogP contribution < -0.4 is 10.1 Å². The monoisotopic (exact) mass is 420 g/mol. The van der Waals surface area contributed by atoms with Gasteiger partial charge in [-0.3, -0.25) is 9.59 Å². The molecule has 28 heavy (non-hydrogen) atoms. The molecule has 0 bridgehead atoms. The van der Waals surface area contributed by atoms with E-state index in [9.17, 15) is 9.59 Å². The minimum atomic E-state index is -0.627. The molecule has 0 saturated heterocycles. The second-order valence-electron chi connectivity index (χ2n) is 6.29. The van der Waals surface area contributed by atoms with Gasteiger partial charge in [0.25, 0.3) is 5.91 Å². The molecule has 0 spiro atoms. The van der Waals surface area contributed by atoms with E-state index in [1.807, 2.05) is 24.5 Å². The zero-order valence-corrected chi connectivity index (χ0v) is 17.8. The number of likely N-dealkylation sites (N-methyl/N-ethyl adjacent to an activating group) is 1. The number of methoxy groups -OCH3 is 1. The van der Waals surface area contributed by atoms with E-state index in [2.05, 4.69) is 5.32 Å². The van der Waals surface area contributed by atoms with Crippen molar-refractivity contribution in [3.05, 3.63) is 64.7 Å². The molecule has 2 amide bonds. The fourth-order valence-corrected chi connectivity index (χ4v) is 3.45. The molecule has 5 nitrogen and oxygen atoms in total. The number of carbonyl (C=O) groups is 2. The van der Waals surface area contributed by atoms with Crippen LogP contribution in [0, 0.1) is 0 Å². The van der Waals surface area contributed by atoms with Gasteiger partial charge in [-0.05, 0) is 42.2 Å². The van der Waals surface area contributed by atoms with Crippen LogP contribution in [0.15, 0.2) is 48.5 Å². The number of para-hydroxylation sites is 1. The van der Waals surface area contributed by atoms with Gasteiger partial charge >= 0.3 is 0 Å². The molecule has 0 aliphatic heterocycles. The molecular weight excluding hydrogens is 396 g/mol. The largest absolute Gasteiger partial charge is 0.496 e. The molecule has 2 aromatic rings. The van der Waals surface area contributed by atoms with Gasteiger partial charge in [0.1, 0.15) is 11.8 Å². The van der Waals surface area contributed by atoms with Gasteiger partial charge in [0.15, 0.2) is 0 Å². The lowest BCUT2D eigenvalue weighted by Crippen LogP contribution is -2.47.